The fourth-order valence-corrected chi connectivity index (χ4v) is 6.03. The van der Waals surface area contributed by atoms with E-state index >= 15 is 0 Å². The zero-order valence-corrected chi connectivity index (χ0v) is 15.2. The van der Waals surface area contributed by atoms with Crippen molar-refractivity contribution in [1.29, 1.82) is 0 Å². The lowest BCUT2D eigenvalue weighted by atomic mass is 10.4. The van der Waals surface area contributed by atoms with E-state index in [1.807, 2.05) is 0 Å². The molecule has 0 atom stereocenters. The fourth-order valence-electron chi connectivity index (χ4n) is 2.15. The fraction of sp³-hybridized carbons (Fsp3) is 0.923. The minimum Gasteiger partial charge on any atom is -0.652 e. The summed E-state index contributed by atoms with van der Waals surface area (Å²) in [6, 6.07) is 2.74. The van der Waals surface area contributed by atoms with Gasteiger partial charge in [0.05, 0.1) is 0 Å². The average molecular weight is 321 g/mol. The van der Waals surface area contributed by atoms with Gasteiger partial charge in [-0.2, -0.15) is 0 Å². The molecular formula is C13H28O5Si2-2. The molecule has 2 fully saturated rings. The first kappa shape index (κ1) is 19.6. The zero-order chi connectivity index (χ0) is 15.6. The van der Waals surface area contributed by atoms with Gasteiger partial charge in [0.15, 0.2) is 16.6 Å². The summed E-state index contributed by atoms with van der Waals surface area (Å²) in [5.74, 6) is 0. The molecule has 0 aromatic heterocycles. The Morgan fingerprint density at radius 3 is 1.20 bits per heavy atom. The minimum atomic E-state index is -2.33. The summed E-state index contributed by atoms with van der Waals surface area (Å²) in [6.07, 6.45) is 3.05. The van der Waals surface area contributed by atoms with Gasteiger partial charge in [0.25, 0.3) is 0 Å². The third-order valence-electron chi connectivity index (χ3n) is 3.33. The molecule has 0 aliphatic carbocycles. The van der Waals surface area contributed by atoms with E-state index in [-0.39, 0.29) is 0 Å². The van der Waals surface area contributed by atoms with E-state index in [1.165, 1.54) is 37.8 Å². The molecule has 2 heterocycles. The van der Waals surface area contributed by atoms with Gasteiger partial charge in [0.1, 0.15) is 0 Å². The van der Waals surface area contributed by atoms with E-state index in [4.69, 9.17) is 23.9 Å². The molecule has 0 N–H and O–H groups in total. The Kier molecular flexibility index (Phi) is 9.36. The van der Waals surface area contributed by atoms with Crippen molar-refractivity contribution in [2.24, 2.45) is 0 Å². The Labute approximate surface area is 124 Å². The number of carboxylic acid groups (broad SMARTS) is 2. The minimum absolute atomic E-state index is 1.03. The number of hydrogen-bond acceptors (Lipinski definition) is 5. The molecule has 2 rings (SSSR count). The highest BCUT2D eigenvalue weighted by Gasteiger charge is 2.25. The normalized spacial score (nSPS) is 23.4. The lowest BCUT2D eigenvalue weighted by molar-refractivity contribution is -0.415. The van der Waals surface area contributed by atoms with E-state index < -0.39 is 22.8 Å². The van der Waals surface area contributed by atoms with Crippen LogP contribution in [-0.4, -0.2) is 36.0 Å². The van der Waals surface area contributed by atoms with Crippen molar-refractivity contribution in [2.75, 3.05) is 13.2 Å². The summed E-state index contributed by atoms with van der Waals surface area (Å²) in [5, 5.41) is 16.7. The van der Waals surface area contributed by atoms with Crippen LogP contribution >= 0.6 is 0 Å². The first-order valence-corrected chi connectivity index (χ1v) is 13.5. The molecule has 0 bridgehead atoms. The third kappa shape index (κ3) is 12.6. The number of carbonyl (C=O) groups is 1. The topological polar surface area (TPSA) is 81.7 Å². The van der Waals surface area contributed by atoms with Gasteiger partial charge < -0.3 is 23.9 Å². The van der Waals surface area contributed by atoms with Crippen molar-refractivity contribution in [3.63, 3.8) is 0 Å². The molecule has 0 aromatic rings. The van der Waals surface area contributed by atoms with E-state index in [9.17, 15) is 0 Å². The lowest BCUT2D eigenvalue weighted by Gasteiger charge is -2.27. The van der Waals surface area contributed by atoms with Crippen molar-refractivity contribution in [2.45, 2.75) is 64.0 Å². The molecule has 0 amide bonds. The van der Waals surface area contributed by atoms with Crippen molar-refractivity contribution >= 4 is 22.8 Å². The van der Waals surface area contributed by atoms with Gasteiger partial charge in [-0.1, -0.05) is 12.8 Å². The molecule has 2 aliphatic heterocycles. The molecule has 0 radical (unpaired) electrons. The van der Waals surface area contributed by atoms with Crippen LogP contribution in [0.3, 0.4) is 0 Å². The molecule has 7 heteroatoms. The van der Waals surface area contributed by atoms with Gasteiger partial charge in [-0.3, -0.25) is 0 Å². The second-order valence-electron chi connectivity index (χ2n) is 6.38. The van der Waals surface area contributed by atoms with E-state index in [1.54, 1.807) is 0 Å². The van der Waals surface area contributed by atoms with Crippen molar-refractivity contribution in [3.05, 3.63) is 0 Å². The Hall–Kier alpha value is -0.376. The molecule has 0 saturated carbocycles. The zero-order valence-electron chi connectivity index (χ0n) is 13.2. The SMILES string of the molecule is C[Si]1(C)CCCCO1.C[Si]1(C)CCCCO1.O=C([O-])[O-]. The summed E-state index contributed by atoms with van der Waals surface area (Å²) < 4.78 is 11.2. The summed E-state index contributed by atoms with van der Waals surface area (Å²) in [4.78, 5) is 8.33. The average Bonchev–Trinajstić information content (AvgIpc) is 2.28. The van der Waals surface area contributed by atoms with E-state index in [0.29, 0.717) is 0 Å². The molecular weight excluding hydrogens is 292 g/mol. The summed E-state index contributed by atoms with van der Waals surface area (Å²) in [5.41, 5.74) is 0. The van der Waals surface area contributed by atoms with Crippen LogP contribution < -0.4 is 10.2 Å². The maximum Gasteiger partial charge on any atom is 0.186 e. The maximum absolute atomic E-state index is 8.33. The van der Waals surface area contributed by atoms with Crippen molar-refractivity contribution in [3.8, 4) is 0 Å². The maximum atomic E-state index is 8.33. The van der Waals surface area contributed by atoms with E-state index in [2.05, 4.69) is 26.2 Å². The summed E-state index contributed by atoms with van der Waals surface area (Å²) >= 11 is 0. The van der Waals surface area contributed by atoms with Gasteiger partial charge in [-0.15, -0.1) is 0 Å². The number of hydrogen-bond donors (Lipinski definition) is 0. The van der Waals surface area contributed by atoms with Crippen LogP contribution in [0.2, 0.25) is 38.3 Å². The van der Waals surface area contributed by atoms with Gasteiger partial charge in [-0.05, 0) is 57.3 Å². The van der Waals surface area contributed by atoms with Gasteiger partial charge >= 0.3 is 0 Å². The molecule has 2 aliphatic rings. The monoisotopic (exact) mass is 320 g/mol. The van der Waals surface area contributed by atoms with Crippen LogP contribution in [-0.2, 0) is 8.85 Å². The highest BCUT2D eigenvalue weighted by atomic mass is 28.4. The Bertz CT molecular complexity index is 240. The predicted molar refractivity (Wildman–Crippen MR) is 80.3 cm³/mol. The van der Waals surface area contributed by atoms with Crippen molar-refractivity contribution in [1.82, 2.24) is 0 Å². The molecule has 0 unspecified atom stereocenters. The Morgan fingerprint density at radius 1 is 0.800 bits per heavy atom. The quantitative estimate of drug-likeness (QED) is 0.633. The second kappa shape index (κ2) is 9.54. The highest BCUT2D eigenvalue weighted by molar-refractivity contribution is 6.71. The van der Waals surface area contributed by atoms with Gasteiger partial charge in [0.2, 0.25) is 0 Å². The van der Waals surface area contributed by atoms with Gasteiger partial charge in [0, 0.05) is 13.2 Å². The van der Waals surface area contributed by atoms with Crippen molar-refractivity contribution < 1.29 is 23.9 Å². The van der Waals surface area contributed by atoms with Crippen LogP contribution in [0.4, 0.5) is 4.79 Å². The lowest BCUT2D eigenvalue weighted by Crippen LogP contribution is -2.37. The number of rotatable bonds is 0. The Balaban J connectivity index is 0.000000289. The second-order valence-corrected chi connectivity index (χ2v) is 15.0. The first-order valence-electron chi connectivity index (χ1n) is 7.31. The molecule has 0 aromatic carbocycles. The smallest absolute Gasteiger partial charge is 0.186 e. The summed E-state index contributed by atoms with van der Waals surface area (Å²) in [7, 11) is -2.18. The molecule has 5 nitrogen and oxygen atoms in total. The highest BCUT2D eigenvalue weighted by Crippen LogP contribution is 2.20. The summed E-state index contributed by atoms with van der Waals surface area (Å²) in [6.45, 7) is 11.2. The van der Waals surface area contributed by atoms with Crippen LogP contribution in [0.5, 0.6) is 0 Å². The predicted octanol–water partition coefficient (Wildman–Crippen LogP) is 1.56. The molecule has 0 spiro atoms. The van der Waals surface area contributed by atoms with Crippen LogP contribution in [0.1, 0.15) is 25.7 Å². The molecule has 2 saturated heterocycles. The van der Waals surface area contributed by atoms with E-state index in [0.717, 1.165) is 13.2 Å². The first-order chi connectivity index (χ1) is 9.15. The molecule has 120 valence electrons. The largest absolute Gasteiger partial charge is 0.652 e. The molecule has 20 heavy (non-hydrogen) atoms. The Morgan fingerprint density at radius 2 is 1.10 bits per heavy atom. The van der Waals surface area contributed by atoms with Crippen LogP contribution in [0.25, 0.3) is 0 Å². The standard InChI is InChI=1S/2C6H14OSi.CH2O3/c2*1-8(2)6-4-3-5-7-8;2-1(3)4/h2*3-6H2,1-2H3;(H2,2,3,4)/p-2. The third-order valence-corrected chi connectivity index (χ3v) is 8.42. The van der Waals surface area contributed by atoms with Crippen LogP contribution in [0.15, 0.2) is 0 Å². The van der Waals surface area contributed by atoms with Crippen LogP contribution in [0, 0.1) is 0 Å². The number of carbonyl (C=O) groups excluding carboxylic acids is 1. The van der Waals surface area contributed by atoms with Gasteiger partial charge in [-0.25, -0.2) is 0 Å².